The molecule has 0 spiro atoms. The minimum absolute atomic E-state index is 0.0628. The highest BCUT2D eigenvalue weighted by Crippen LogP contribution is 2.66. The second-order valence-corrected chi connectivity index (χ2v) is 6.67. The fourth-order valence-corrected chi connectivity index (χ4v) is 4.70. The van der Waals surface area contributed by atoms with Crippen LogP contribution in [0.5, 0.6) is 0 Å². The average molecular weight is 280 g/mol. The number of ether oxygens (including phenoxy) is 1. The summed E-state index contributed by atoms with van der Waals surface area (Å²) in [7, 11) is 1.33. The first-order chi connectivity index (χ1) is 9.20. The van der Waals surface area contributed by atoms with Gasteiger partial charge in [0.05, 0.1) is 12.7 Å². The number of aliphatic hydroxyl groups is 1. The van der Waals surface area contributed by atoms with Crippen LogP contribution in [0.4, 0.5) is 0 Å². The number of carbonyl (C=O) groups excluding carboxylic acids is 2. The van der Waals surface area contributed by atoms with E-state index >= 15 is 0 Å². The SMILES string of the molecule is C=CC1(O)CC(=O)C2(C(=O)OC)C(C)CCC2(C)C1C. The number of esters is 1. The summed E-state index contributed by atoms with van der Waals surface area (Å²) in [5.74, 6) is -0.955. The van der Waals surface area contributed by atoms with Gasteiger partial charge in [0.25, 0.3) is 0 Å². The number of hydrogen-bond acceptors (Lipinski definition) is 4. The van der Waals surface area contributed by atoms with Crippen molar-refractivity contribution in [2.24, 2.45) is 22.7 Å². The second kappa shape index (κ2) is 4.42. The lowest BCUT2D eigenvalue weighted by atomic mass is 9.48. The van der Waals surface area contributed by atoms with E-state index in [9.17, 15) is 14.7 Å². The van der Waals surface area contributed by atoms with Gasteiger partial charge in [-0.25, -0.2) is 0 Å². The lowest BCUT2D eigenvalue weighted by Gasteiger charge is -2.55. The standard InChI is InChI=1S/C16H24O4/c1-6-15(19)9-12(17)16(13(18)20-5)10(2)7-8-14(16,4)11(15)3/h6,10-11,19H,1,7-9H2,2-5H3. The number of methoxy groups -OCH3 is 1. The van der Waals surface area contributed by atoms with Crippen molar-refractivity contribution in [2.75, 3.05) is 7.11 Å². The fourth-order valence-electron chi connectivity index (χ4n) is 4.70. The third-order valence-electron chi connectivity index (χ3n) is 6.19. The summed E-state index contributed by atoms with van der Waals surface area (Å²) in [6.07, 6.45) is 2.90. The van der Waals surface area contributed by atoms with Gasteiger partial charge in [-0.3, -0.25) is 9.59 Å². The van der Waals surface area contributed by atoms with Gasteiger partial charge in [0.2, 0.25) is 0 Å². The largest absolute Gasteiger partial charge is 0.468 e. The van der Waals surface area contributed by atoms with Crippen LogP contribution in [0.1, 0.15) is 40.0 Å². The summed E-state index contributed by atoms with van der Waals surface area (Å²) in [6, 6.07) is 0. The van der Waals surface area contributed by atoms with Crippen molar-refractivity contribution in [3.63, 3.8) is 0 Å². The number of carbonyl (C=O) groups is 2. The minimum Gasteiger partial charge on any atom is -0.468 e. The van der Waals surface area contributed by atoms with Crippen LogP contribution in [0.2, 0.25) is 0 Å². The van der Waals surface area contributed by atoms with Crippen molar-refractivity contribution in [1.29, 1.82) is 0 Å². The van der Waals surface area contributed by atoms with E-state index in [1.807, 2.05) is 20.8 Å². The Hall–Kier alpha value is -1.16. The first-order valence-corrected chi connectivity index (χ1v) is 7.18. The van der Waals surface area contributed by atoms with Gasteiger partial charge in [-0.15, -0.1) is 6.58 Å². The van der Waals surface area contributed by atoms with E-state index < -0.39 is 22.4 Å². The molecule has 2 rings (SSSR count). The van der Waals surface area contributed by atoms with Crippen LogP contribution < -0.4 is 0 Å². The third-order valence-corrected chi connectivity index (χ3v) is 6.19. The van der Waals surface area contributed by atoms with E-state index in [0.717, 1.165) is 12.8 Å². The zero-order chi connectivity index (χ0) is 15.3. The molecule has 0 radical (unpaired) electrons. The van der Waals surface area contributed by atoms with Crippen LogP contribution in [0, 0.1) is 22.7 Å². The molecule has 0 heterocycles. The Kier molecular flexibility index (Phi) is 3.36. The molecule has 0 aromatic heterocycles. The molecule has 112 valence electrons. The smallest absolute Gasteiger partial charge is 0.320 e. The monoisotopic (exact) mass is 280 g/mol. The van der Waals surface area contributed by atoms with Gasteiger partial charge >= 0.3 is 5.97 Å². The molecule has 0 saturated heterocycles. The first kappa shape index (κ1) is 15.2. The van der Waals surface area contributed by atoms with E-state index in [0.29, 0.717) is 0 Å². The molecule has 0 aromatic rings. The lowest BCUT2D eigenvalue weighted by molar-refractivity contribution is -0.188. The van der Waals surface area contributed by atoms with E-state index in [4.69, 9.17) is 4.74 Å². The fraction of sp³-hybridized carbons (Fsp3) is 0.750. The molecular formula is C16H24O4. The van der Waals surface area contributed by atoms with Crippen molar-refractivity contribution in [2.45, 2.75) is 45.6 Å². The van der Waals surface area contributed by atoms with Crippen molar-refractivity contribution < 1.29 is 19.4 Å². The molecule has 1 N–H and O–H groups in total. The highest BCUT2D eigenvalue weighted by Gasteiger charge is 2.72. The number of fused-ring (bicyclic) bond motifs is 1. The molecule has 20 heavy (non-hydrogen) atoms. The van der Waals surface area contributed by atoms with Crippen LogP contribution in [0.25, 0.3) is 0 Å². The molecule has 2 saturated carbocycles. The molecule has 0 aromatic carbocycles. The van der Waals surface area contributed by atoms with Gasteiger partial charge in [0.1, 0.15) is 5.41 Å². The van der Waals surface area contributed by atoms with Crippen molar-refractivity contribution in [1.82, 2.24) is 0 Å². The molecule has 4 nitrogen and oxygen atoms in total. The highest BCUT2D eigenvalue weighted by molar-refractivity contribution is 6.06. The van der Waals surface area contributed by atoms with Crippen LogP contribution in [0.3, 0.4) is 0 Å². The van der Waals surface area contributed by atoms with E-state index in [1.54, 1.807) is 0 Å². The average Bonchev–Trinajstić information content (AvgIpc) is 2.70. The summed E-state index contributed by atoms with van der Waals surface area (Å²) >= 11 is 0. The van der Waals surface area contributed by atoms with Gasteiger partial charge in [-0.1, -0.05) is 26.8 Å². The quantitative estimate of drug-likeness (QED) is 0.478. The number of rotatable bonds is 2. The Morgan fingerprint density at radius 3 is 2.60 bits per heavy atom. The molecule has 0 bridgehead atoms. The van der Waals surface area contributed by atoms with Crippen LogP contribution in [-0.4, -0.2) is 29.6 Å². The molecule has 2 aliphatic rings. The van der Waals surface area contributed by atoms with E-state index in [-0.39, 0.29) is 24.0 Å². The van der Waals surface area contributed by atoms with Crippen LogP contribution in [0.15, 0.2) is 12.7 Å². The molecular weight excluding hydrogens is 256 g/mol. The minimum atomic E-state index is -1.24. The second-order valence-electron chi connectivity index (χ2n) is 6.67. The van der Waals surface area contributed by atoms with Gasteiger partial charge < -0.3 is 9.84 Å². The number of ketones is 1. The summed E-state index contributed by atoms with van der Waals surface area (Å²) < 4.78 is 4.98. The molecule has 0 aliphatic heterocycles. The molecule has 2 aliphatic carbocycles. The highest BCUT2D eigenvalue weighted by atomic mass is 16.5. The third kappa shape index (κ3) is 1.46. The molecule has 4 heteroatoms. The Labute approximate surface area is 120 Å². The lowest BCUT2D eigenvalue weighted by Crippen LogP contribution is -2.64. The predicted octanol–water partition coefficient (Wildman–Crippen LogP) is 2.11. The van der Waals surface area contributed by atoms with Gasteiger partial charge in [-0.2, -0.15) is 0 Å². The van der Waals surface area contributed by atoms with Crippen molar-refractivity contribution in [3.8, 4) is 0 Å². The van der Waals surface area contributed by atoms with Crippen molar-refractivity contribution in [3.05, 3.63) is 12.7 Å². The summed E-state index contributed by atoms with van der Waals surface area (Å²) in [5, 5.41) is 10.7. The van der Waals surface area contributed by atoms with Crippen molar-refractivity contribution >= 4 is 11.8 Å². The maximum absolute atomic E-state index is 12.8. The summed E-state index contributed by atoms with van der Waals surface area (Å²) in [4.78, 5) is 25.3. The zero-order valence-electron chi connectivity index (χ0n) is 12.7. The predicted molar refractivity (Wildman–Crippen MR) is 74.9 cm³/mol. The van der Waals surface area contributed by atoms with Gasteiger partial charge in [0, 0.05) is 6.42 Å². The Morgan fingerprint density at radius 2 is 2.10 bits per heavy atom. The molecule has 2 fully saturated rings. The Morgan fingerprint density at radius 1 is 1.50 bits per heavy atom. The van der Waals surface area contributed by atoms with Gasteiger partial charge in [-0.05, 0) is 30.1 Å². The van der Waals surface area contributed by atoms with E-state index in [2.05, 4.69) is 6.58 Å². The zero-order valence-corrected chi connectivity index (χ0v) is 12.7. The number of hydrogen-bond donors (Lipinski definition) is 1. The Balaban J connectivity index is 2.66. The topological polar surface area (TPSA) is 63.6 Å². The first-order valence-electron chi connectivity index (χ1n) is 7.18. The van der Waals surface area contributed by atoms with E-state index in [1.165, 1.54) is 13.2 Å². The van der Waals surface area contributed by atoms with Gasteiger partial charge in [0.15, 0.2) is 5.78 Å². The molecule has 5 atom stereocenters. The molecule has 0 amide bonds. The van der Waals surface area contributed by atoms with Crippen LogP contribution in [-0.2, 0) is 14.3 Å². The maximum atomic E-state index is 12.8. The number of Topliss-reactive ketones (excluding diaryl/α,β-unsaturated/α-hetero) is 1. The van der Waals surface area contributed by atoms with Crippen LogP contribution >= 0.6 is 0 Å². The summed E-state index contributed by atoms with van der Waals surface area (Å²) in [6.45, 7) is 9.45. The summed E-state index contributed by atoms with van der Waals surface area (Å²) in [5.41, 5.74) is -2.97. The maximum Gasteiger partial charge on any atom is 0.320 e. The molecule has 5 unspecified atom stereocenters. The normalized spacial score (nSPS) is 47.8. The Bertz CT molecular complexity index is 471.